The van der Waals surface area contributed by atoms with Gasteiger partial charge in [-0.2, -0.15) is 0 Å². The van der Waals surface area contributed by atoms with Crippen molar-refractivity contribution in [2.75, 3.05) is 13.2 Å². The Hall–Kier alpha value is -2.77. The summed E-state index contributed by atoms with van der Waals surface area (Å²) in [5, 5.41) is 25.0. The lowest BCUT2D eigenvalue weighted by molar-refractivity contribution is -0.143. The van der Waals surface area contributed by atoms with Crippen LogP contribution in [0.1, 0.15) is 46.0 Å². The van der Waals surface area contributed by atoms with Gasteiger partial charge in [-0.1, -0.05) is 26.7 Å². The van der Waals surface area contributed by atoms with Crippen LogP contribution in [0, 0.1) is 5.92 Å². The summed E-state index contributed by atoms with van der Waals surface area (Å²) < 4.78 is 0. The number of aliphatic hydroxyl groups is 1. The second kappa shape index (κ2) is 15.1. The van der Waals surface area contributed by atoms with Crippen molar-refractivity contribution < 1.29 is 34.2 Å². The van der Waals surface area contributed by atoms with Gasteiger partial charge >= 0.3 is 5.97 Å². The molecule has 32 heavy (non-hydrogen) atoms. The average Bonchev–Trinajstić information content (AvgIpc) is 2.73. The number of hydrogen-bond acceptors (Lipinski definition) is 8. The first-order chi connectivity index (χ1) is 15.0. The topological polar surface area (TPSA) is 240 Å². The predicted molar refractivity (Wildman–Crippen MR) is 115 cm³/mol. The van der Waals surface area contributed by atoms with Crippen molar-refractivity contribution in [1.29, 1.82) is 0 Å². The third-order valence-electron chi connectivity index (χ3n) is 4.93. The van der Waals surface area contributed by atoms with E-state index < -0.39 is 66.8 Å². The highest BCUT2D eigenvalue weighted by atomic mass is 16.4. The van der Waals surface area contributed by atoms with Gasteiger partial charge in [-0.3, -0.25) is 19.2 Å². The number of carboxylic acid groups (broad SMARTS) is 1. The van der Waals surface area contributed by atoms with E-state index in [0.717, 1.165) is 0 Å². The standard InChI is InChI=1S/C19H36N6O7/c1-3-10(2)15(25-16(28)11(21)6-4-5-7-20)18(30)23-12(8-14(22)27)17(29)24-13(9-26)19(31)32/h10-13,15,26H,3-9,20-21H2,1-2H3,(H2,22,27)(H,23,30)(H,24,29)(H,25,28)(H,31,32). The molecule has 0 aliphatic carbocycles. The third kappa shape index (κ3) is 10.5. The molecule has 0 aromatic rings. The van der Waals surface area contributed by atoms with Gasteiger partial charge in [-0.05, 0) is 25.3 Å². The molecule has 0 aromatic carbocycles. The molecule has 0 fully saturated rings. The van der Waals surface area contributed by atoms with Crippen molar-refractivity contribution in [3.8, 4) is 0 Å². The van der Waals surface area contributed by atoms with Crippen LogP contribution in [0.3, 0.4) is 0 Å². The largest absolute Gasteiger partial charge is 0.480 e. The van der Waals surface area contributed by atoms with E-state index in [-0.39, 0.29) is 5.92 Å². The summed E-state index contributed by atoms with van der Waals surface area (Å²) in [4.78, 5) is 60.1. The molecule has 13 nitrogen and oxygen atoms in total. The van der Waals surface area contributed by atoms with Gasteiger partial charge in [0.1, 0.15) is 18.1 Å². The number of amides is 4. The van der Waals surface area contributed by atoms with Crippen LogP contribution in [0.2, 0.25) is 0 Å². The number of aliphatic hydroxyl groups excluding tert-OH is 1. The van der Waals surface area contributed by atoms with Gasteiger partial charge in [-0.15, -0.1) is 0 Å². The van der Waals surface area contributed by atoms with Gasteiger partial charge in [0.25, 0.3) is 0 Å². The first-order valence-corrected chi connectivity index (χ1v) is 10.5. The summed E-state index contributed by atoms with van der Waals surface area (Å²) in [6, 6.07) is -5.06. The molecular weight excluding hydrogens is 424 g/mol. The zero-order chi connectivity index (χ0) is 24.8. The van der Waals surface area contributed by atoms with Crippen LogP contribution < -0.4 is 33.2 Å². The minimum Gasteiger partial charge on any atom is -0.480 e. The first-order valence-electron chi connectivity index (χ1n) is 10.5. The number of nitrogens with two attached hydrogens (primary N) is 3. The van der Waals surface area contributed by atoms with Gasteiger partial charge in [-0.25, -0.2) is 4.79 Å². The molecular formula is C19H36N6O7. The van der Waals surface area contributed by atoms with Crippen molar-refractivity contribution in [2.24, 2.45) is 23.1 Å². The summed E-state index contributed by atoms with van der Waals surface area (Å²) in [7, 11) is 0. The Morgan fingerprint density at radius 1 is 0.938 bits per heavy atom. The second-order valence-corrected chi connectivity index (χ2v) is 7.58. The Morgan fingerprint density at radius 2 is 1.53 bits per heavy atom. The molecule has 11 N–H and O–H groups in total. The Kier molecular flexibility index (Phi) is 13.8. The molecule has 0 aliphatic rings. The highest BCUT2D eigenvalue weighted by Crippen LogP contribution is 2.10. The molecule has 0 saturated heterocycles. The number of rotatable bonds is 16. The van der Waals surface area contributed by atoms with E-state index in [4.69, 9.17) is 27.4 Å². The predicted octanol–water partition coefficient (Wildman–Crippen LogP) is -3.10. The fourth-order valence-corrected chi connectivity index (χ4v) is 2.73. The van der Waals surface area contributed by atoms with E-state index in [1.54, 1.807) is 13.8 Å². The Bertz CT molecular complexity index is 660. The number of carbonyl (C=O) groups is 5. The molecule has 0 spiro atoms. The number of carboxylic acids is 1. The maximum absolute atomic E-state index is 12.9. The summed E-state index contributed by atoms with van der Waals surface area (Å²) >= 11 is 0. The molecule has 0 aliphatic heterocycles. The van der Waals surface area contributed by atoms with Crippen molar-refractivity contribution in [3.63, 3.8) is 0 Å². The normalized spacial score (nSPS) is 15.5. The summed E-state index contributed by atoms with van der Waals surface area (Å²) in [6.45, 7) is 3.07. The van der Waals surface area contributed by atoms with Crippen LogP contribution in [0.5, 0.6) is 0 Å². The molecule has 0 heterocycles. The fourth-order valence-electron chi connectivity index (χ4n) is 2.73. The number of hydrogen-bond donors (Lipinski definition) is 8. The minimum atomic E-state index is -1.63. The fraction of sp³-hybridized carbons (Fsp3) is 0.737. The summed E-state index contributed by atoms with van der Waals surface area (Å²) in [5.74, 6) is -5.11. The van der Waals surface area contributed by atoms with Crippen LogP contribution >= 0.6 is 0 Å². The van der Waals surface area contributed by atoms with Crippen LogP contribution in [0.25, 0.3) is 0 Å². The number of unbranched alkanes of at least 4 members (excludes halogenated alkanes) is 1. The van der Waals surface area contributed by atoms with Crippen LogP contribution in [0.15, 0.2) is 0 Å². The van der Waals surface area contributed by atoms with Crippen molar-refractivity contribution in [1.82, 2.24) is 16.0 Å². The number of aliphatic carboxylic acids is 1. The SMILES string of the molecule is CCC(C)C(NC(=O)C(N)CCCCN)C(=O)NC(CC(N)=O)C(=O)NC(CO)C(=O)O. The lowest BCUT2D eigenvalue weighted by Crippen LogP contribution is -2.59. The van der Waals surface area contributed by atoms with Crippen molar-refractivity contribution in [2.45, 2.75) is 70.1 Å². The molecule has 4 amide bonds. The van der Waals surface area contributed by atoms with E-state index in [1.807, 2.05) is 5.32 Å². The van der Waals surface area contributed by atoms with E-state index in [0.29, 0.717) is 32.2 Å². The highest BCUT2D eigenvalue weighted by molar-refractivity contribution is 5.96. The maximum atomic E-state index is 12.9. The zero-order valence-corrected chi connectivity index (χ0v) is 18.5. The summed E-state index contributed by atoms with van der Waals surface area (Å²) in [6.07, 6.45) is 1.60. The quantitative estimate of drug-likeness (QED) is 0.109. The minimum absolute atomic E-state index is 0.350. The van der Waals surface area contributed by atoms with Crippen LogP contribution in [-0.2, 0) is 24.0 Å². The van der Waals surface area contributed by atoms with Gasteiger partial charge in [0.05, 0.1) is 19.1 Å². The molecule has 0 bridgehead atoms. The molecule has 0 saturated carbocycles. The molecule has 0 aromatic heterocycles. The molecule has 184 valence electrons. The molecule has 0 rings (SSSR count). The Balaban J connectivity index is 5.40. The second-order valence-electron chi connectivity index (χ2n) is 7.58. The molecule has 5 atom stereocenters. The van der Waals surface area contributed by atoms with Gasteiger partial charge in [0.15, 0.2) is 0 Å². The van der Waals surface area contributed by atoms with Crippen molar-refractivity contribution in [3.05, 3.63) is 0 Å². The maximum Gasteiger partial charge on any atom is 0.328 e. The smallest absolute Gasteiger partial charge is 0.328 e. The number of nitrogens with one attached hydrogen (secondary N) is 3. The van der Waals surface area contributed by atoms with E-state index in [2.05, 4.69) is 10.6 Å². The lowest BCUT2D eigenvalue weighted by atomic mass is 9.97. The van der Waals surface area contributed by atoms with Gasteiger partial charge in [0.2, 0.25) is 23.6 Å². The first kappa shape index (κ1) is 29.2. The average molecular weight is 461 g/mol. The third-order valence-corrected chi connectivity index (χ3v) is 4.93. The van der Waals surface area contributed by atoms with Gasteiger partial charge < -0.3 is 43.4 Å². The lowest BCUT2D eigenvalue weighted by Gasteiger charge is -2.27. The van der Waals surface area contributed by atoms with Crippen LogP contribution in [-0.4, -0.2) is 77.1 Å². The highest BCUT2D eigenvalue weighted by Gasteiger charge is 2.33. The molecule has 5 unspecified atom stereocenters. The summed E-state index contributed by atoms with van der Waals surface area (Å²) in [5.41, 5.74) is 16.4. The van der Waals surface area contributed by atoms with E-state index >= 15 is 0 Å². The van der Waals surface area contributed by atoms with E-state index in [9.17, 15) is 24.0 Å². The number of carbonyl (C=O) groups excluding carboxylic acids is 4. The van der Waals surface area contributed by atoms with Crippen LogP contribution in [0.4, 0.5) is 0 Å². The number of primary amides is 1. The zero-order valence-electron chi connectivity index (χ0n) is 18.5. The van der Waals surface area contributed by atoms with E-state index in [1.165, 1.54) is 0 Å². The Morgan fingerprint density at radius 3 is 2.00 bits per heavy atom. The van der Waals surface area contributed by atoms with Gasteiger partial charge in [0, 0.05) is 0 Å². The monoisotopic (exact) mass is 460 g/mol. The van der Waals surface area contributed by atoms with Crippen molar-refractivity contribution >= 4 is 29.6 Å². The Labute approximate surface area is 186 Å². The molecule has 13 heteroatoms. The molecule has 0 radical (unpaired) electrons.